The van der Waals surface area contributed by atoms with Crippen molar-refractivity contribution < 1.29 is 0 Å². The Bertz CT molecular complexity index is 453. The molecule has 1 aliphatic rings. The van der Waals surface area contributed by atoms with Crippen molar-refractivity contribution in [2.45, 2.75) is 59.2 Å². The summed E-state index contributed by atoms with van der Waals surface area (Å²) in [5.74, 6) is 0. The van der Waals surface area contributed by atoms with E-state index >= 15 is 0 Å². The molecule has 0 radical (unpaired) electrons. The Morgan fingerprint density at radius 1 is 1.35 bits per heavy atom. The van der Waals surface area contributed by atoms with E-state index in [1.54, 1.807) is 0 Å². The zero-order chi connectivity index (χ0) is 14.8. The molecule has 1 aliphatic heterocycles. The summed E-state index contributed by atoms with van der Waals surface area (Å²) in [6, 6.07) is 0. The highest BCUT2D eigenvalue weighted by Gasteiger charge is 2.25. The van der Waals surface area contributed by atoms with Crippen LogP contribution in [-0.4, -0.2) is 39.9 Å². The van der Waals surface area contributed by atoms with Gasteiger partial charge in [0.2, 0.25) is 0 Å². The molecule has 4 nitrogen and oxygen atoms in total. The maximum absolute atomic E-state index is 4.70. The van der Waals surface area contributed by atoms with Crippen molar-refractivity contribution in [2.24, 2.45) is 0 Å². The molecule has 0 bridgehead atoms. The first kappa shape index (κ1) is 16.0. The predicted molar refractivity (Wildman–Crippen MR) is 87.0 cm³/mol. The van der Waals surface area contributed by atoms with Crippen molar-refractivity contribution in [3.8, 4) is 0 Å². The fourth-order valence-electron chi connectivity index (χ4n) is 2.94. The van der Waals surface area contributed by atoms with E-state index in [0.29, 0.717) is 0 Å². The lowest BCUT2D eigenvalue weighted by Crippen LogP contribution is -2.46. The van der Waals surface area contributed by atoms with Gasteiger partial charge in [0.1, 0.15) is 0 Å². The highest BCUT2D eigenvalue weighted by atomic mass is 79.9. The van der Waals surface area contributed by atoms with Gasteiger partial charge < -0.3 is 5.32 Å². The fraction of sp³-hybridized carbons (Fsp3) is 0.800. The van der Waals surface area contributed by atoms with Gasteiger partial charge in [0.05, 0.1) is 15.9 Å². The van der Waals surface area contributed by atoms with Crippen LogP contribution in [0.2, 0.25) is 0 Å². The monoisotopic (exact) mass is 342 g/mol. The number of halogens is 1. The van der Waals surface area contributed by atoms with Crippen LogP contribution in [0.1, 0.15) is 45.5 Å². The molecule has 0 aliphatic carbocycles. The van der Waals surface area contributed by atoms with Gasteiger partial charge in [-0.05, 0) is 62.6 Å². The lowest BCUT2D eigenvalue weighted by molar-refractivity contribution is 0.218. The fourth-order valence-corrected chi connectivity index (χ4v) is 3.63. The van der Waals surface area contributed by atoms with Crippen LogP contribution in [0, 0.1) is 0 Å². The third-order valence-electron chi connectivity index (χ3n) is 3.94. The van der Waals surface area contributed by atoms with Gasteiger partial charge in [-0.2, -0.15) is 5.10 Å². The number of nitrogens with zero attached hydrogens (tertiary/aromatic N) is 3. The van der Waals surface area contributed by atoms with Crippen molar-refractivity contribution in [2.75, 3.05) is 19.6 Å². The molecule has 0 amide bonds. The largest absolute Gasteiger partial charge is 0.310 e. The number of rotatable bonds is 4. The predicted octanol–water partition coefficient (Wildman–Crippen LogP) is 2.80. The van der Waals surface area contributed by atoms with E-state index in [1.165, 1.54) is 22.3 Å². The summed E-state index contributed by atoms with van der Waals surface area (Å²) < 4.78 is 3.35. The molecule has 2 rings (SSSR count). The minimum atomic E-state index is 0.188. The third-order valence-corrected chi connectivity index (χ3v) is 4.86. The van der Waals surface area contributed by atoms with Gasteiger partial charge in [-0.1, -0.05) is 6.92 Å². The standard InChI is InChI=1S/C15H27BrN4/c1-5-12-14(16)13(20(6-2)18-12)10-19-9-7-8-17-15(3,4)11-19/h17H,5-11H2,1-4H3. The number of aryl methyl sites for hydroxylation is 2. The average Bonchev–Trinajstić information content (AvgIpc) is 2.59. The van der Waals surface area contributed by atoms with Gasteiger partial charge in [0.25, 0.3) is 0 Å². The zero-order valence-electron chi connectivity index (χ0n) is 13.2. The summed E-state index contributed by atoms with van der Waals surface area (Å²) >= 11 is 3.75. The zero-order valence-corrected chi connectivity index (χ0v) is 14.8. The molecule has 0 aromatic carbocycles. The lowest BCUT2D eigenvalue weighted by atomic mass is 10.1. The lowest BCUT2D eigenvalue weighted by Gasteiger charge is -2.30. The molecule has 1 fully saturated rings. The molecule has 2 heterocycles. The molecule has 0 spiro atoms. The Morgan fingerprint density at radius 3 is 2.75 bits per heavy atom. The third kappa shape index (κ3) is 3.62. The van der Waals surface area contributed by atoms with Crippen LogP contribution in [0.4, 0.5) is 0 Å². The molecule has 0 atom stereocenters. The normalized spacial score (nSPS) is 20.1. The average molecular weight is 343 g/mol. The van der Waals surface area contributed by atoms with E-state index in [1.807, 2.05) is 0 Å². The van der Waals surface area contributed by atoms with Crippen LogP contribution < -0.4 is 5.32 Å². The van der Waals surface area contributed by atoms with Crippen LogP contribution in [-0.2, 0) is 19.5 Å². The second kappa shape index (κ2) is 6.58. The van der Waals surface area contributed by atoms with E-state index in [-0.39, 0.29) is 5.54 Å². The first-order valence-corrected chi connectivity index (χ1v) is 8.47. The second-order valence-corrected chi connectivity index (χ2v) is 7.04. The van der Waals surface area contributed by atoms with Crippen molar-refractivity contribution >= 4 is 15.9 Å². The summed E-state index contributed by atoms with van der Waals surface area (Å²) in [4.78, 5) is 2.55. The van der Waals surface area contributed by atoms with Crippen molar-refractivity contribution in [3.63, 3.8) is 0 Å². The maximum Gasteiger partial charge on any atom is 0.0767 e. The molecule has 1 saturated heterocycles. The summed E-state index contributed by atoms with van der Waals surface area (Å²) in [6.45, 7) is 14.2. The molecular formula is C15H27BrN4. The van der Waals surface area contributed by atoms with Gasteiger partial charge in [-0.15, -0.1) is 0 Å². The highest BCUT2D eigenvalue weighted by Crippen LogP contribution is 2.24. The Labute approximate surface area is 131 Å². The van der Waals surface area contributed by atoms with E-state index in [9.17, 15) is 0 Å². The molecule has 20 heavy (non-hydrogen) atoms. The Hall–Kier alpha value is -0.390. The molecule has 1 aromatic rings. The molecule has 1 aromatic heterocycles. The Kier molecular flexibility index (Phi) is 5.26. The van der Waals surface area contributed by atoms with Crippen LogP contribution >= 0.6 is 15.9 Å². The number of aromatic nitrogens is 2. The number of nitrogens with one attached hydrogen (secondary N) is 1. The maximum atomic E-state index is 4.70. The summed E-state index contributed by atoms with van der Waals surface area (Å²) in [5, 5.41) is 8.32. The second-order valence-electron chi connectivity index (χ2n) is 6.25. The topological polar surface area (TPSA) is 33.1 Å². The van der Waals surface area contributed by atoms with Gasteiger partial charge in [-0.25, -0.2) is 0 Å². The Morgan fingerprint density at radius 2 is 2.10 bits per heavy atom. The SMILES string of the molecule is CCc1nn(CC)c(CN2CCCNC(C)(C)C2)c1Br. The Balaban J connectivity index is 2.18. The molecule has 0 saturated carbocycles. The number of hydrogen-bond acceptors (Lipinski definition) is 3. The van der Waals surface area contributed by atoms with E-state index < -0.39 is 0 Å². The quantitative estimate of drug-likeness (QED) is 0.913. The molecule has 114 valence electrons. The molecule has 0 unspecified atom stereocenters. The minimum absolute atomic E-state index is 0.188. The van der Waals surface area contributed by atoms with E-state index in [4.69, 9.17) is 5.10 Å². The summed E-state index contributed by atoms with van der Waals surface area (Å²) in [6.07, 6.45) is 2.19. The van der Waals surface area contributed by atoms with Crippen molar-refractivity contribution in [1.82, 2.24) is 20.0 Å². The van der Waals surface area contributed by atoms with Gasteiger partial charge in [0, 0.05) is 25.2 Å². The minimum Gasteiger partial charge on any atom is -0.310 e. The summed E-state index contributed by atoms with van der Waals surface area (Å²) in [5.41, 5.74) is 2.68. The molecular weight excluding hydrogens is 316 g/mol. The summed E-state index contributed by atoms with van der Waals surface area (Å²) in [7, 11) is 0. The molecule has 1 N–H and O–H groups in total. The van der Waals surface area contributed by atoms with Crippen molar-refractivity contribution in [3.05, 3.63) is 15.9 Å². The smallest absolute Gasteiger partial charge is 0.0767 e. The molecule has 5 heteroatoms. The van der Waals surface area contributed by atoms with Gasteiger partial charge >= 0.3 is 0 Å². The van der Waals surface area contributed by atoms with E-state index in [0.717, 1.165) is 39.1 Å². The van der Waals surface area contributed by atoms with Crippen LogP contribution in [0.25, 0.3) is 0 Å². The van der Waals surface area contributed by atoms with E-state index in [2.05, 4.69) is 58.5 Å². The van der Waals surface area contributed by atoms with Gasteiger partial charge in [-0.3, -0.25) is 9.58 Å². The van der Waals surface area contributed by atoms with Crippen molar-refractivity contribution in [1.29, 1.82) is 0 Å². The first-order valence-electron chi connectivity index (χ1n) is 7.68. The van der Waals surface area contributed by atoms with Crippen LogP contribution in [0.15, 0.2) is 4.47 Å². The van der Waals surface area contributed by atoms with Gasteiger partial charge in [0.15, 0.2) is 0 Å². The van der Waals surface area contributed by atoms with Crippen LogP contribution in [0.3, 0.4) is 0 Å². The highest BCUT2D eigenvalue weighted by molar-refractivity contribution is 9.10. The van der Waals surface area contributed by atoms with Crippen LogP contribution in [0.5, 0.6) is 0 Å². The number of hydrogen-bond donors (Lipinski definition) is 1. The first-order chi connectivity index (χ1) is 9.46.